The molecule has 1 saturated carbocycles. The molecule has 0 unspecified atom stereocenters. The Morgan fingerprint density at radius 3 is 2.47 bits per heavy atom. The van der Waals surface area contributed by atoms with Gasteiger partial charge in [0.1, 0.15) is 0 Å². The molecular weight excluding hydrogens is 182 g/mol. The van der Waals surface area contributed by atoms with Crippen LogP contribution >= 0.6 is 0 Å². The maximum atomic E-state index is 3.60. The first-order valence-corrected chi connectivity index (χ1v) is 6.09. The predicted octanol–water partition coefficient (Wildman–Crippen LogP) is 3.36. The van der Waals surface area contributed by atoms with Crippen molar-refractivity contribution in [2.45, 2.75) is 39.2 Å². The number of hydrogen-bond donors (Lipinski definition) is 1. The zero-order chi connectivity index (χ0) is 10.6. The number of nitrogens with one attached hydrogen (secondary N) is 1. The van der Waals surface area contributed by atoms with Crippen molar-refractivity contribution in [2.75, 3.05) is 6.54 Å². The molecule has 1 aliphatic rings. The van der Waals surface area contributed by atoms with E-state index in [9.17, 15) is 0 Å². The van der Waals surface area contributed by atoms with Gasteiger partial charge >= 0.3 is 0 Å². The van der Waals surface area contributed by atoms with Crippen LogP contribution in [0.4, 0.5) is 0 Å². The van der Waals surface area contributed by atoms with Crippen molar-refractivity contribution in [1.29, 1.82) is 0 Å². The lowest BCUT2D eigenvalue weighted by molar-refractivity contribution is 0.124. The Kier molecular flexibility index (Phi) is 3.42. The summed E-state index contributed by atoms with van der Waals surface area (Å²) in [6.07, 6.45) is 5.60. The lowest BCUT2D eigenvalue weighted by Gasteiger charge is -2.41. The molecule has 0 heterocycles. The van der Waals surface area contributed by atoms with E-state index in [4.69, 9.17) is 0 Å². The van der Waals surface area contributed by atoms with Crippen LogP contribution in [0.2, 0.25) is 0 Å². The zero-order valence-corrected chi connectivity index (χ0v) is 9.63. The third-order valence-electron chi connectivity index (χ3n) is 3.84. The Morgan fingerprint density at radius 2 is 1.93 bits per heavy atom. The molecule has 0 atom stereocenters. The molecule has 1 nitrogen and oxygen atoms in total. The molecule has 15 heavy (non-hydrogen) atoms. The monoisotopic (exact) mass is 203 g/mol. The van der Waals surface area contributed by atoms with Gasteiger partial charge in [-0.15, -0.1) is 0 Å². The van der Waals surface area contributed by atoms with E-state index in [0.29, 0.717) is 5.41 Å². The van der Waals surface area contributed by atoms with Gasteiger partial charge in [0, 0.05) is 13.1 Å². The van der Waals surface area contributed by atoms with Gasteiger partial charge in [-0.3, -0.25) is 0 Å². The molecule has 82 valence electrons. The second-order valence-electron chi connectivity index (χ2n) is 4.80. The van der Waals surface area contributed by atoms with Crippen LogP contribution in [0.15, 0.2) is 30.3 Å². The topological polar surface area (TPSA) is 12.0 Å². The first kappa shape index (κ1) is 10.7. The van der Waals surface area contributed by atoms with Gasteiger partial charge in [-0.2, -0.15) is 0 Å². The Labute approximate surface area is 92.9 Å². The van der Waals surface area contributed by atoms with Gasteiger partial charge < -0.3 is 5.32 Å². The molecule has 0 radical (unpaired) electrons. The van der Waals surface area contributed by atoms with E-state index < -0.39 is 0 Å². The summed E-state index contributed by atoms with van der Waals surface area (Å²) in [6.45, 7) is 4.53. The summed E-state index contributed by atoms with van der Waals surface area (Å²) in [5.41, 5.74) is 2.03. The van der Waals surface area contributed by atoms with Gasteiger partial charge in [-0.25, -0.2) is 0 Å². The highest BCUT2D eigenvalue weighted by Crippen LogP contribution is 2.43. The van der Waals surface area contributed by atoms with Crippen molar-refractivity contribution in [3.8, 4) is 0 Å². The minimum atomic E-state index is 0.634. The summed E-state index contributed by atoms with van der Waals surface area (Å²) < 4.78 is 0. The highest BCUT2D eigenvalue weighted by atomic mass is 14.9. The fourth-order valence-corrected chi connectivity index (χ4v) is 2.40. The summed E-state index contributed by atoms with van der Waals surface area (Å²) in [5, 5.41) is 3.60. The molecule has 0 spiro atoms. The average molecular weight is 203 g/mol. The number of benzene rings is 1. The Balaban J connectivity index is 1.75. The Hall–Kier alpha value is -0.820. The predicted molar refractivity (Wildman–Crippen MR) is 64.7 cm³/mol. The van der Waals surface area contributed by atoms with Gasteiger partial charge in [-0.1, -0.05) is 43.7 Å². The standard InChI is InChI=1S/C14H21N/c1-2-14(9-6-10-14)12-15-11-13-7-4-3-5-8-13/h3-5,7-8,15H,2,6,9-12H2,1H3. The van der Waals surface area contributed by atoms with Crippen molar-refractivity contribution < 1.29 is 0 Å². The quantitative estimate of drug-likeness (QED) is 0.773. The van der Waals surface area contributed by atoms with Gasteiger partial charge in [0.2, 0.25) is 0 Å². The Bertz CT molecular complexity index is 282. The van der Waals surface area contributed by atoms with E-state index in [2.05, 4.69) is 42.6 Å². The van der Waals surface area contributed by atoms with Crippen LogP contribution in [0.5, 0.6) is 0 Å². The van der Waals surface area contributed by atoms with E-state index in [1.165, 1.54) is 37.8 Å². The van der Waals surface area contributed by atoms with Crippen LogP contribution in [-0.2, 0) is 6.54 Å². The maximum Gasteiger partial charge on any atom is 0.0205 e. The van der Waals surface area contributed by atoms with Gasteiger partial charge in [0.25, 0.3) is 0 Å². The third kappa shape index (κ3) is 2.60. The highest BCUT2D eigenvalue weighted by molar-refractivity contribution is 5.14. The molecule has 1 aliphatic carbocycles. The molecule has 0 bridgehead atoms. The van der Waals surface area contributed by atoms with Gasteiger partial charge in [-0.05, 0) is 30.2 Å². The molecule has 0 amide bonds. The second-order valence-corrected chi connectivity index (χ2v) is 4.80. The highest BCUT2D eigenvalue weighted by Gasteiger charge is 2.34. The average Bonchev–Trinajstić information content (AvgIpc) is 2.24. The molecular formula is C14H21N. The lowest BCUT2D eigenvalue weighted by atomic mass is 9.67. The molecule has 0 saturated heterocycles. The molecule has 2 rings (SSSR count). The smallest absolute Gasteiger partial charge is 0.0205 e. The largest absolute Gasteiger partial charge is 0.312 e. The summed E-state index contributed by atoms with van der Waals surface area (Å²) in [6, 6.07) is 10.7. The fourth-order valence-electron chi connectivity index (χ4n) is 2.40. The molecule has 1 heteroatoms. The first-order valence-electron chi connectivity index (χ1n) is 6.09. The van der Waals surface area contributed by atoms with Crippen molar-refractivity contribution in [1.82, 2.24) is 5.32 Å². The van der Waals surface area contributed by atoms with E-state index in [0.717, 1.165) is 6.54 Å². The SMILES string of the molecule is CCC1(CNCc2ccccc2)CCC1. The van der Waals surface area contributed by atoms with Crippen molar-refractivity contribution in [3.05, 3.63) is 35.9 Å². The normalized spacial score (nSPS) is 18.5. The molecule has 1 aromatic rings. The lowest BCUT2D eigenvalue weighted by Crippen LogP contribution is -2.39. The van der Waals surface area contributed by atoms with E-state index in [1.807, 2.05) is 0 Å². The maximum absolute atomic E-state index is 3.60. The van der Waals surface area contributed by atoms with Crippen LogP contribution in [0.1, 0.15) is 38.2 Å². The van der Waals surface area contributed by atoms with Crippen LogP contribution in [0, 0.1) is 5.41 Å². The van der Waals surface area contributed by atoms with Gasteiger partial charge in [0.15, 0.2) is 0 Å². The first-order chi connectivity index (χ1) is 7.35. The summed E-state index contributed by atoms with van der Waals surface area (Å²) >= 11 is 0. The fraction of sp³-hybridized carbons (Fsp3) is 0.571. The molecule has 0 aromatic heterocycles. The van der Waals surface area contributed by atoms with Crippen molar-refractivity contribution >= 4 is 0 Å². The van der Waals surface area contributed by atoms with E-state index in [1.54, 1.807) is 0 Å². The summed E-state index contributed by atoms with van der Waals surface area (Å²) in [5.74, 6) is 0. The second kappa shape index (κ2) is 4.80. The Morgan fingerprint density at radius 1 is 1.20 bits per heavy atom. The van der Waals surface area contributed by atoms with E-state index >= 15 is 0 Å². The third-order valence-corrected chi connectivity index (χ3v) is 3.84. The number of hydrogen-bond acceptors (Lipinski definition) is 1. The minimum absolute atomic E-state index is 0.634. The minimum Gasteiger partial charge on any atom is -0.312 e. The van der Waals surface area contributed by atoms with E-state index in [-0.39, 0.29) is 0 Å². The van der Waals surface area contributed by atoms with Crippen LogP contribution in [0.25, 0.3) is 0 Å². The van der Waals surface area contributed by atoms with Crippen LogP contribution in [0.3, 0.4) is 0 Å². The van der Waals surface area contributed by atoms with Crippen molar-refractivity contribution in [3.63, 3.8) is 0 Å². The van der Waals surface area contributed by atoms with Crippen molar-refractivity contribution in [2.24, 2.45) is 5.41 Å². The molecule has 1 N–H and O–H groups in total. The van der Waals surface area contributed by atoms with Crippen LogP contribution < -0.4 is 5.32 Å². The van der Waals surface area contributed by atoms with Gasteiger partial charge in [0.05, 0.1) is 0 Å². The summed E-state index contributed by atoms with van der Waals surface area (Å²) in [4.78, 5) is 0. The summed E-state index contributed by atoms with van der Waals surface area (Å²) in [7, 11) is 0. The zero-order valence-electron chi connectivity index (χ0n) is 9.63. The molecule has 1 aromatic carbocycles. The number of rotatable bonds is 5. The molecule has 1 fully saturated rings. The van der Waals surface area contributed by atoms with Crippen LogP contribution in [-0.4, -0.2) is 6.54 Å². The molecule has 0 aliphatic heterocycles.